The lowest BCUT2D eigenvalue weighted by atomic mass is 10.3. The van der Waals surface area contributed by atoms with Gasteiger partial charge >= 0.3 is 17.9 Å². The van der Waals surface area contributed by atoms with Crippen molar-refractivity contribution in [3.63, 3.8) is 0 Å². The largest absolute Gasteiger partial charge is 0.463 e. The average molecular weight is 222 g/mol. The van der Waals surface area contributed by atoms with Gasteiger partial charge in [0.1, 0.15) is 0 Å². The molecule has 0 radical (unpaired) electrons. The highest BCUT2D eigenvalue weighted by molar-refractivity contribution is 5.99. The molecule has 1 rings (SSSR count). The van der Waals surface area contributed by atoms with Crippen molar-refractivity contribution in [3.8, 4) is 0 Å². The second kappa shape index (κ2) is 3.76. The van der Waals surface area contributed by atoms with Crippen molar-refractivity contribution in [1.29, 1.82) is 0 Å². The van der Waals surface area contributed by atoms with Crippen LogP contribution < -0.4 is 0 Å². The Hall–Kier alpha value is -1.79. The lowest BCUT2D eigenvalue weighted by molar-refractivity contribution is -0.0900. The van der Waals surface area contributed by atoms with Gasteiger partial charge in [0.15, 0.2) is 5.76 Å². The van der Waals surface area contributed by atoms with Gasteiger partial charge < -0.3 is 9.15 Å². The smallest absolute Gasteiger partial charge is 0.458 e. The van der Waals surface area contributed by atoms with E-state index in [-0.39, 0.29) is 0 Å². The summed E-state index contributed by atoms with van der Waals surface area (Å²) in [7, 11) is 1.04. The molecule has 0 fully saturated rings. The van der Waals surface area contributed by atoms with Crippen LogP contribution in [0.5, 0.6) is 0 Å². The molecule has 1 aromatic heterocycles. The van der Waals surface area contributed by atoms with Gasteiger partial charge in [-0.2, -0.15) is 13.2 Å². The van der Waals surface area contributed by atoms with Gasteiger partial charge in [-0.25, -0.2) is 4.79 Å². The number of hydrogen-bond donors (Lipinski definition) is 0. The second-order valence-corrected chi connectivity index (χ2v) is 2.48. The molecule has 0 unspecified atom stereocenters. The number of rotatable bonds is 2. The van der Waals surface area contributed by atoms with E-state index in [9.17, 15) is 22.8 Å². The van der Waals surface area contributed by atoms with Crippen LogP contribution in [0.15, 0.2) is 16.5 Å². The van der Waals surface area contributed by atoms with E-state index < -0.39 is 29.4 Å². The van der Waals surface area contributed by atoms with Crippen LogP contribution in [0.3, 0.4) is 0 Å². The molecular weight excluding hydrogens is 217 g/mol. The normalized spacial score (nSPS) is 11.2. The molecule has 1 heterocycles. The molecule has 15 heavy (non-hydrogen) atoms. The Labute approximate surface area is 81.6 Å². The highest BCUT2D eigenvalue weighted by atomic mass is 19.4. The Balaban J connectivity index is 2.95. The fraction of sp³-hybridized carbons (Fsp3) is 0.250. The molecule has 0 aliphatic rings. The first kappa shape index (κ1) is 11.3. The van der Waals surface area contributed by atoms with Gasteiger partial charge in [0, 0.05) is 0 Å². The molecule has 0 saturated heterocycles. The zero-order chi connectivity index (χ0) is 11.6. The Bertz CT molecular complexity index is 391. The zero-order valence-electron chi connectivity index (χ0n) is 7.42. The SMILES string of the molecule is COC(=O)c1ccc(C(=O)C(F)(F)F)o1. The number of Topliss-reactive ketones (excluding diaryl/α,β-unsaturated/α-hetero) is 1. The number of ketones is 1. The van der Waals surface area contributed by atoms with Crippen molar-refractivity contribution >= 4 is 11.8 Å². The van der Waals surface area contributed by atoms with Crippen molar-refractivity contribution in [2.75, 3.05) is 7.11 Å². The third-order valence-electron chi connectivity index (χ3n) is 1.47. The molecule has 0 amide bonds. The van der Waals surface area contributed by atoms with Gasteiger partial charge in [0.2, 0.25) is 5.76 Å². The minimum absolute atomic E-state index is 0.454. The lowest BCUT2D eigenvalue weighted by Crippen LogP contribution is -2.22. The molecule has 0 aromatic carbocycles. The summed E-state index contributed by atoms with van der Waals surface area (Å²) in [5.74, 6) is -4.48. The van der Waals surface area contributed by atoms with E-state index in [1.807, 2.05) is 0 Å². The zero-order valence-corrected chi connectivity index (χ0v) is 7.42. The average Bonchev–Trinajstić information content (AvgIpc) is 2.62. The summed E-state index contributed by atoms with van der Waals surface area (Å²) < 4.78 is 44.3. The maximum absolute atomic E-state index is 11.9. The molecule has 0 saturated carbocycles. The fourth-order valence-corrected chi connectivity index (χ4v) is 0.810. The van der Waals surface area contributed by atoms with Gasteiger partial charge in [-0.05, 0) is 12.1 Å². The van der Waals surface area contributed by atoms with Gasteiger partial charge in [0.25, 0.3) is 0 Å². The molecule has 0 aliphatic carbocycles. The molecule has 0 N–H and O–H groups in total. The van der Waals surface area contributed by atoms with Crippen LogP contribution in [-0.4, -0.2) is 25.0 Å². The summed E-state index contributed by atoms with van der Waals surface area (Å²) in [6.07, 6.45) is -5.02. The Morgan fingerprint density at radius 1 is 1.27 bits per heavy atom. The number of ether oxygens (including phenoxy) is 1. The van der Waals surface area contributed by atoms with E-state index in [1.54, 1.807) is 0 Å². The topological polar surface area (TPSA) is 56.5 Å². The van der Waals surface area contributed by atoms with Gasteiger partial charge in [-0.15, -0.1) is 0 Å². The number of alkyl halides is 3. The van der Waals surface area contributed by atoms with Crippen LogP contribution in [-0.2, 0) is 4.74 Å². The summed E-state index contributed by atoms with van der Waals surface area (Å²) in [5.41, 5.74) is 0. The quantitative estimate of drug-likeness (QED) is 0.565. The Morgan fingerprint density at radius 2 is 1.80 bits per heavy atom. The molecular formula is C8H5F3O4. The first-order valence-corrected chi connectivity index (χ1v) is 3.66. The van der Waals surface area contributed by atoms with E-state index >= 15 is 0 Å². The third kappa shape index (κ3) is 2.36. The monoisotopic (exact) mass is 222 g/mol. The van der Waals surface area contributed by atoms with E-state index in [4.69, 9.17) is 0 Å². The first-order chi connectivity index (χ1) is 6.86. The standard InChI is InChI=1S/C8H5F3O4/c1-14-7(13)5-3-2-4(15-5)6(12)8(9,10)11/h2-3H,1H3. The van der Waals surface area contributed by atoms with Crippen LogP contribution in [0.4, 0.5) is 13.2 Å². The lowest BCUT2D eigenvalue weighted by Gasteiger charge is -2.00. The highest BCUT2D eigenvalue weighted by Gasteiger charge is 2.41. The van der Waals surface area contributed by atoms with Crippen molar-refractivity contribution < 1.29 is 31.9 Å². The van der Waals surface area contributed by atoms with Gasteiger partial charge in [-0.1, -0.05) is 0 Å². The van der Waals surface area contributed by atoms with E-state index in [2.05, 4.69) is 9.15 Å². The number of esters is 1. The number of furan rings is 1. The molecule has 7 heteroatoms. The van der Waals surface area contributed by atoms with Gasteiger partial charge in [-0.3, -0.25) is 4.79 Å². The van der Waals surface area contributed by atoms with Crippen LogP contribution in [0.2, 0.25) is 0 Å². The summed E-state index contributed by atoms with van der Waals surface area (Å²) in [6.45, 7) is 0. The fourth-order valence-electron chi connectivity index (χ4n) is 0.810. The molecule has 1 aromatic rings. The first-order valence-electron chi connectivity index (χ1n) is 3.66. The number of hydrogen-bond acceptors (Lipinski definition) is 4. The minimum Gasteiger partial charge on any atom is -0.463 e. The Morgan fingerprint density at radius 3 is 2.27 bits per heavy atom. The van der Waals surface area contributed by atoms with E-state index in [0.29, 0.717) is 0 Å². The van der Waals surface area contributed by atoms with Gasteiger partial charge in [0.05, 0.1) is 7.11 Å². The van der Waals surface area contributed by atoms with Crippen molar-refractivity contribution in [3.05, 3.63) is 23.7 Å². The predicted octanol–water partition coefficient (Wildman–Crippen LogP) is 1.81. The molecule has 4 nitrogen and oxygen atoms in total. The van der Waals surface area contributed by atoms with Crippen LogP contribution >= 0.6 is 0 Å². The number of carbonyl (C=O) groups excluding carboxylic acids is 2. The van der Waals surface area contributed by atoms with E-state index in [1.165, 1.54) is 0 Å². The number of halogens is 3. The molecule has 0 aliphatic heterocycles. The summed E-state index contributed by atoms with van der Waals surface area (Å²) in [6, 6.07) is 1.70. The summed E-state index contributed by atoms with van der Waals surface area (Å²) in [4.78, 5) is 21.4. The molecule has 0 spiro atoms. The molecule has 0 bridgehead atoms. The highest BCUT2D eigenvalue weighted by Crippen LogP contribution is 2.22. The van der Waals surface area contributed by atoms with E-state index in [0.717, 1.165) is 19.2 Å². The summed E-state index contributed by atoms with van der Waals surface area (Å²) >= 11 is 0. The molecule has 82 valence electrons. The van der Waals surface area contributed by atoms with Crippen LogP contribution in [0, 0.1) is 0 Å². The van der Waals surface area contributed by atoms with Crippen molar-refractivity contribution in [1.82, 2.24) is 0 Å². The van der Waals surface area contributed by atoms with Crippen LogP contribution in [0.25, 0.3) is 0 Å². The van der Waals surface area contributed by atoms with Crippen molar-refractivity contribution in [2.45, 2.75) is 6.18 Å². The Kier molecular flexibility index (Phi) is 2.83. The predicted molar refractivity (Wildman–Crippen MR) is 40.4 cm³/mol. The van der Waals surface area contributed by atoms with Crippen LogP contribution in [0.1, 0.15) is 21.1 Å². The maximum atomic E-state index is 11.9. The summed E-state index contributed by atoms with van der Waals surface area (Å²) in [5, 5.41) is 0. The van der Waals surface area contributed by atoms with Crippen molar-refractivity contribution in [2.24, 2.45) is 0 Å². The second-order valence-electron chi connectivity index (χ2n) is 2.48. The number of methoxy groups -OCH3 is 1. The third-order valence-corrected chi connectivity index (χ3v) is 1.47. The molecule has 0 atom stereocenters. The number of carbonyl (C=O) groups is 2. The maximum Gasteiger partial charge on any atom is 0.458 e. The minimum atomic E-state index is -5.02.